The average molecular weight is 294 g/mol. The van der Waals surface area contributed by atoms with Crippen LogP contribution in [0.15, 0.2) is 42.5 Å². The smallest absolute Gasteiger partial charge is 0.0907 e. The van der Waals surface area contributed by atoms with E-state index in [-0.39, 0.29) is 0 Å². The molecule has 0 aliphatic carbocycles. The lowest BCUT2D eigenvalue weighted by molar-refractivity contribution is 1.13. The standard InChI is InChI=1S/C18H18N2S/c1-13-19-17-11-8-15(12-18(17)21-13)5-4-14-6-9-16(10-7-14)20(2)3/h4-12H,1-3H3/b5-4+. The van der Waals surface area contributed by atoms with Crippen LogP contribution in [0.3, 0.4) is 0 Å². The molecule has 0 atom stereocenters. The first kappa shape index (κ1) is 13.8. The highest BCUT2D eigenvalue weighted by Crippen LogP contribution is 2.23. The lowest BCUT2D eigenvalue weighted by Crippen LogP contribution is -2.07. The highest BCUT2D eigenvalue weighted by atomic mass is 32.1. The number of thiazole rings is 1. The molecule has 0 amide bonds. The van der Waals surface area contributed by atoms with Crippen molar-refractivity contribution in [2.45, 2.75) is 6.92 Å². The molecule has 0 fully saturated rings. The molecule has 0 unspecified atom stereocenters. The predicted octanol–water partition coefficient (Wildman–Crippen LogP) is 4.84. The van der Waals surface area contributed by atoms with Gasteiger partial charge in [0.25, 0.3) is 0 Å². The minimum atomic E-state index is 1.09. The number of aryl methyl sites for hydroxylation is 1. The van der Waals surface area contributed by atoms with Crippen LogP contribution < -0.4 is 4.90 Å². The van der Waals surface area contributed by atoms with Crippen LogP contribution in [0.1, 0.15) is 16.1 Å². The first-order valence-electron chi connectivity index (χ1n) is 6.94. The molecule has 0 aliphatic rings. The third kappa shape index (κ3) is 3.14. The van der Waals surface area contributed by atoms with Crippen LogP contribution in [-0.4, -0.2) is 19.1 Å². The molecule has 1 aromatic heterocycles. The molecule has 0 N–H and O–H groups in total. The van der Waals surface area contributed by atoms with E-state index in [1.54, 1.807) is 11.3 Å². The summed E-state index contributed by atoms with van der Waals surface area (Å²) in [4.78, 5) is 6.59. The maximum Gasteiger partial charge on any atom is 0.0907 e. The molecule has 106 valence electrons. The number of benzene rings is 2. The average Bonchev–Trinajstić information content (AvgIpc) is 2.84. The summed E-state index contributed by atoms with van der Waals surface area (Å²) in [7, 11) is 4.11. The van der Waals surface area contributed by atoms with Crippen molar-refractivity contribution in [2.75, 3.05) is 19.0 Å². The number of rotatable bonds is 3. The molecule has 0 aliphatic heterocycles. The number of hydrogen-bond donors (Lipinski definition) is 0. The van der Waals surface area contributed by atoms with Crippen LogP contribution in [0.5, 0.6) is 0 Å². The predicted molar refractivity (Wildman–Crippen MR) is 94.1 cm³/mol. The summed E-state index contributed by atoms with van der Waals surface area (Å²) < 4.78 is 1.25. The molecule has 0 spiro atoms. The van der Waals surface area contributed by atoms with Crippen LogP contribution >= 0.6 is 11.3 Å². The topological polar surface area (TPSA) is 16.1 Å². The van der Waals surface area contributed by atoms with Crippen LogP contribution in [0.4, 0.5) is 5.69 Å². The summed E-state index contributed by atoms with van der Waals surface area (Å²) in [6, 6.07) is 15.0. The van der Waals surface area contributed by atoms with Gasteiger partial charge in [-0.25, -0.2) is 4.98 Å². The lowest BCUT2D eigenvalue weighted by atomic mass is 10.1. The van der Waals surface area contributed by atoms with E-state index < -0.39 is 0 Å². The lowest BCUT2D eigenvalue weighted by Gasteiger charge is -2.11. The minimum absolute atomic E-state index is 1.09. The van der Waals surface area contributed by atoms with E-state index in [1.807, 2.05) is 6.92 Å². The summed E-state index contributed by atoms with van der Waals surface area (Å²) in [6.45, 7) is 2.05. The number of hydrogen-bond acceptors (Lipinski definition) is 3. The second-order valence-corrected chi connectivity index (χ2v) is 6.51. The van der Waals surface area contributed by atoms with E-state index in [2.05, 4.69) is 78.6 Å². The van der Waals surface area contributed by atoms with Crippen molar-refractivity contribution in [1.29, 1.82) is 0 Å². The minimum Gasteiger partial charge on any atom is -0.378 e. The zero-order chi connectivity index (χ0) is 14.8. The third-order valence-corrected chi connectivity index (χ3v) is 4.33. The van der Waals surface area contributed by atoms with Gasteiger partial charge in [0, 0.05) is 19.8 Å². The van der Waals surface area contributed by atoms with Gasteiger partial charge in [0.05, 0.1) is 15.2 Å². The normalized spacial score (nSPS) is 11.4. The maximum atomic E-state index is 4.49. The van der Waals surface area contributed by atoms with Gasteiger partial charge in [-0.15, -0.1) is 11.3 Å². The highest BCUT2D eigenvalue weighted by Gasteiger charge is 2.00. The van der Waals surface area contributed by atoms with Gasteiger partial charge in [0.1, 0.15) is 0 Å². The Bertz CT molecular complexity index is 783. The molecule has 0 saturated carbocycles. The summed E-state index contributed by atoms with van der Waals surface area (Å²) in [5, 5.41) is 1.12. The number of nitrogens with zero attached hydrogens (tertiary/aromatic N) is 2. The molecule has 1 heterocycles. The fourth-order valence-electron chi connectivity index (χ4n) is 2.24. The van der Waals surface area contributed by atoms with Crippen LogP contribution in [0.25, 0.3) is 22.4 Å². The number of fused-ring (bicyclic) bond motifs is 1. The first-order chi connectivity index (χ1) is 10.1. The van der Waals surface area contributed by atoms with E-state index in [1.165, 1.54) is 21.5 Å². The molecule has 0 bridgehead atoms. The van der Waals surface area contributed by atoms with Gasteiger partial charge in [-0.3, -0.25) is 0 Å². The Morgan fingerprint density at radius 3 is 2.33 bits per heavy atom. The maximum absolute atomic E-state index is 4.49. The highest BCUT2D eigenvalue weighted by molar-refractivity contribution is 7.18. The largest absolute Gasteiger partial charge is 0.378 e. The van der Waals surface area contributed by atoms with Gasteiger partial charge in [-0.2, -0.15) is 0 Å². The molecule has 3 heteroatoms. The molecule has 3 rings (SSSR count). The first-order valence-corrected chi connectivity index (χ1v) is 7.76. The Morgan fingerprint density at radius 1 is 0.952 bits per heavy atom. The third-order valence-electron chi connectivity index (χ3n) is 3.40. The molecule has 3 aromatic rings. The van der Waals surface area contributed by atoms with Crippen molar-refractivity contribution < 1.29 is 0 Å². The number of anilines is 1. The Labute approximate surface area is 129 Å². The van der Waals surface area contributed by atoms with Gasteiger partial charge < -0.3 is 4.90 Å². The Hall–Kier alpha value is -2.13. The molecule has 2 nitrogen and oxygen atoms in total. The van der Waals surface area contributed by atoms with Crippen LogP contribution in [0.2, 0.25) is 0 Å². The van der Waals surface area contributed by atoms with Crippen molar-refractivity contribution in [3.05, 3.63) is 58.6 Å². The fraction of sp³-hybridized carbons (Fsp3) is 0.167. The molecule has 0 radical (unpaired) electrons. The number of aromatic nitrogens is 1. The zero-order valence-electron chi connectivity index (χ0n) is 12.5. The molecule has 0 saturated heterocycles. The molecule has 2 aromatic carbocycles. The van der Waals surface area contributed by atoms with Crippen molar-refractivity contribution in [3.8, 4) is 0 Å². The van der Waals surface area contributed by atoms with Gasteiger partial charge in [0.15, 0.2) is 0 Å². The van der Waals surface area contributed by atoms with Crippen molar-refractivity contribution in [3.63, 3.8) is 0 Å². The molecule has 21 heavy (non-hydrogen) atoms. The second kappa shape index (κ2) is 5.70. The molecular weight excluding hydrogens is 276 g/mol. The van der Waals surface area contributed by atoms with E-state index in [0.29, 0.717) is 0 Å². The van der Waals surface area contributed by atoms with E-state index >= 15 is 0 Å². The van der Waals surface area contributed by atoms with Crippen LogP contribution in [-0.2, 0) is 0 Å². The van der Waals surface area contributed by atoms with E-state index in [9.17, 15) is 0 Å². The van der Waals surface area contributed by atoms with Gasteiger partial charge in [0.2, 0.25) is 0 Å². The van der Waals surface area contributed by atoms with E-state index in [4.69, 9.17) is 0 Å². The molecular formula is C18H18N2S. The summed E-state index contributed by atoms with van der Waals surface area (Å²) in [5.74, 6) is 0. The Kier molecular flexibility index (Phi) is 3.76. The Morgan fingerprint density at radius 2 is 1.62 bits per heavy atom. The van der Waals surface area contributed by atoms with Crippen molar-refractivity contribution in [2.24, 2.45) is 0 Å². The van der Waals surface area contributed by atoms with Gasteiger partial charge >= 0.3 is 0 Å². The van der Waals surface area contributed by atoms with Crippen molar-refractivity contribution >= 4 is 39.4 Å². The monoisotopic (exact) mass is 294 g/mol. The van der Waals surface area contributed by atoms with Gasteiger partial charge in [-0.05, 0) is 42.3 Å². The summed E-state index contributed by atoms with van der Waals surface area (Å²) in [6.07, 6.45) is 4.30. The Balaban J connectivity index is 1.83. The SMILES string of the molecule is Cc1nc2ccc(/C=C/c3ccc(N(C)C)cc3)cc2s1. The summed E-state index contributed by atoms with van der Waals surface area (Å²) in [5.41, 5.74) is 4.72. The van der Waals surface area contributed by atoms with E-state index in [0.717, 1.165) is 10.5 Å². The fourth-order valence-corrected chi connectivity index (χ4v) is 3.11. The van der Waals surface area contributed by atoms with Crippen molar-refractivity contribution in [1.82, 2.24) is 4.98 Å². The zero-order valence-corrected chi connectivity index (χ0v) is 13.3. The van der Waals surface area contributed by atoms with Gasteiger partial charge in [-0.1, -0.05) is 30.4 Å². The quantitative estimate of drug-likeness (QED) is 0.642. The summed E-state index contributed by atoms with van der Waals surface area (Å²) >= 11 is 1.74. The second-order valence-electron chi connectivity index (χ2n) is 5.28. The van der Waals surface area contributed by atoms with Crippen LogP contribution in [0, 0.1) is 6.92 Å².